The molecule has 0 N–H and O–H groups in total. The van der Waals surface area contributed by atoms with Crippen LogP contribution in [0.1, 0.15) is 11.7 Å². The van der Waals surface area contributed by atoms with Crippen molar-refractivity contribution < 1.29 is 4.52 Å². The molecule has 0 aliphatic heterocycles. The summed E-state index contributed by atoms with van der Waals surface area (Å²) in [6.07, 6.45) is 3.35. The minimum absolute atomic E-state index is 0.525. The molecule has 2 aromatic rings. The molecule has 0 atom stereocenters. The summed E-state index contributed by atoms with van der Waals surface area (Å²) >= 11 is 0. The highest BCUT2D eigenvalue weighted by atomic mass is 16.5. The van der Waals surface area contributed by atoms with E-state index in [1.807, 2.05) is 6.92 Å². The Morgan fingerprint density at radius 3 is 2.38 bits per heavy atom. The van der Waals surface area contributed by atoms with Crippen LogP contribution in [0.5, 0.6) is 0 Å². The average molecular weight is 176 g/mol. The number of aromatic nitrogens is 4. The number of hydrogen-bond donors (Lipinski definition) is 0. The highest BCUT2D eigenvalue weighted by molar-refractivity contribution is 5.50. The van der Waals surface area contributed by atoms with Crippen LogP contribution in [0.2, 0.25) is 0 Å². The van der Waals surface area contributed by atoms with Gasteiger partial charge in [-0.1, -0.05) is 5.16 Å². The summed E-state index contributed by atoms with van der Waals surface area (Å²) in [5, 5.41) is 3.75. The van der Waals surface area contributed by atoms with Gasteiger partial charge in [0.15, 0.2) is 0 Å². The monoisotopic (exact) mass is 176 g/mol. The van der Waals surface area contributed by atoms with Crippen molar-refractivity contribution in [3.05, 3.63) is 24.1 Å². The fourth-order valence-electron chi connectivity index (χ4n) is 0.925. The summed E-state index contributed by atoms with van der Waals surface area (Å²) in [7, 11) is 0. The Hall–Kier alpha value is -1.78. The topological polar surface area (TPSA) is 64.7 Å². The van der Waals surface area contributed by atoms with Crippen molar-refractivity contribution in [2.24, 2.45) is 0 Å². The van der Waals surface area contributed by atoms with E-state index in [4.69, 9.17) is 4.52 Å². The maximum absolute atomic E-state index is 4.83. The molecule has 2 rings (SSSR count). The zero-order valence-corrected chi connectivity index (χ0v) is 7.35. The fraction of sp³-hybridized carbons (Fsp3) is 0.250. The van der Waals surface area contributed by atoms with E-state index in [-0.39, 0.29) is 0 Å². The van der Waals surface area contributed by atoms with Crippen LogP contribution in [0.3, 0.4) is 0 Å². The lowest BCUT2D eigenvalue weighted by Crippen LogP contribution is -1.88. The summed E-state index contributed by atoms with van der Waals surface area (Å²) < 4.78 is 4.83. The van der Waals surface area contributed by atoms with Crippen LogP contribution >= 0.6 is 0 Å². The van der Waals surface area contributed by atoms with E-state index >= 15 is 0 Å². The maximum atomic E-state index is 4.83. The van der Waals surface area contributed by atoms with Gasteiger partial charge in [-0.05, 0) is 6.92 Å². The molecule has 0 aromatic carbocycles. The molecule has 0 unspecified atom stereocenters. The predicted octanol–water partition coefficient (Wildman–Crippen LogP) is 1.14. The van der Waals surface area contributed by atoms with Gasteiger partial charge in [0.25, 0.3) is 0 Å². The van der Waals surface area contributed by atoms with Gasteiger partial charge in [-0.3, -0.25) is 0 Å². The highest BCUT2D eigenvalue weighted by Crippen LogP contribution is 2.12. The Labute approximate surface area is 74.8 Å². The molecule has 2 aromatic heterocycles. The number of rotatable bonds is 1. The molecule has 0 saturated heterocycles. The van der Waals surface area contributed by atoms with Crippen molar-refractivity contribution in [2.45, 2.75) is 13.8 Å². The van der Waals surface area contributed by atoms with Crippen molar-refractivity contribution in [3.8, 4) is 11.4 Å². The molecule has 0 amide bonds. The van der Waals surface area contributed by atoms with Crippen molar-refractivity contribution in [3.63, 3.8) is 0 Å². The molecule has 0 saturated carbocycles. The zero-order chi connectivity index (χ0) is 9.26. The summed E-state index contributed by atoms with van der Waals surface area (Å²) in [6.45, 7) is 3.57. The van der Waals surface area contributed by atoms with Crippen LogP contribution in [0, 0.1) is 13.8 Å². The highest BCUT2D eigenvalue weighted by Gasteiger charge is 2.05. The van der Waals surface area contributed by atoms with E-state index in [1.54, 1.807) is 19.3 Å². The van der Waals surface area contributed by atoms with E-state index in [2.05, 4.69) is 20.1 Å². The molecular weight excluding hydrogens is 168 g/mol. The number of nitrogens with zero attached hydrogens (tertiary/aromatic N) is 4. The lowest BCUT2D eigenvalue weighted by molar-refractivity contribution is 0.394. The van der Waals surface area contributed by atoms with E-state index < -0.39 is 0 Å². The first-order valence-corrected chi connectivity index (χ1v) is 3.85. The third-order valence-electron chi connectivity index (χ3n) is 1.57. The van der Waals surface area contributed by atoms with Crippen LogP contribution in [-0.4, -0.2) is 20.1 Å². The van der Waals surface area contributed by atoms with Gasteiger partial charge in [-0.2, -0.15) is 4.98 Å². The predicted molar refractivity (Wildman–Crippen MR) is 44.8 cm³/mol. The van der Waals surface area contributed by atoms with Gasteiger partial charge in [0, 0.05) is 19.3 Å². The molecule has 0 aliphatic rings. The van der Waals surface area contributed by atoms with Crippen molar-refractivity contribution >= 4 is 0 Å². The minimum Gasteiger partial charge on any atom is -0.339 e. The summed E-state index contributed by atoms with van der Waals surface area (Å²) in [4.78, 5) is 12.1. The quantitative estimate of drug-likeness (QED) is 0.651. The van der Waals surface area contributed by atoms with Crippen LogP contribution in [-0.2, 0) is 0 Å². The Kier molecular flexibility index (Phi) is 1.77. The van der Waals surface area contributed by atoms with Crippen LogP contribution in [0.4, 0.5) is 0 Å². The van der Waals surface area contributed by atoms with E-state index in [1.165, 1.54) is 0 Å². The van der Waals surface area contributed by atoms with Crippen molar-refractivity contribution in [1.29, 1.82) is 0 Å². The molecule has 13 heavy (non-hydrogen) atoms. The lowest BCUT2D eigenvalue weighted by atomic mass is 10.3. The maximum Gasteiger partial charge on any atom is 0.223 e. The first-order chi connectivity index (χ1) is 6.25. The first-order valence-electron chi connectivity index (χ1n) is 3.85. The SMILES string of the molecule is Cc1ncc(-c2noc(C)n2)cn1. The zero-order valence-electron chi connectivity index (χ0n) is 7.35. The molecule has 5 heteroatoms. The number of hydrogen-bond acceptors (Lipinski definition) is 5. The first kappa shape index (κ1) is 7.85. The Balaban J connectivity index is 2.41. The molecule has 5 nitrogen and oxygen atoms in total. The van der Waals surface area contributed by atoms with E-state index in [0.717, 1.165) is 11.4 Å². The van der Waals surface area contributed by atoms with Gasteiger partial charge in [0.2, 0.25) is 11.7 Å². The lowest BCUT2D eigenvalue weighted by Gasteiger charge is -1.92. The van der Waals surface area contributed by atoms with Gasteiger partial charge in [0.05, 0.1) is 5.56 Å². The third kappa shape index (κ3) is 1.53. The Bertz CT molecular complexity index is 406. The second-order valence-electron chi connectivity index (χ2n) is 2.66. The molecule has 0 radical (unpaired) electrons. The van der Waals surface area contributed by atoms with Gasteiger partial charge in [-0.25, -0.2) is 9.97 Å². The van der Waals surface area contributed by atoms with Crippen LogP contribution in [0.15, 0.2) is 16.9 Å². The van der Waals surface area contributed by atoms with Crippen LogP contribution < -0.4 is 0 Å². The second-order valence-corrected chi connectivity index (χ2v) is 2.66. The summed E-state index contributed by atoms with van der Waals surface area (Å²) in [5.41, 5.74) is 0.766. The minimum atomic E-state index is 0.525. The smallest absolute Gasteiger partial charge is 0.223 e. The molecule has 0 spiro atoms. The van der Waals surface area contributed by atoms with E-state index in [0.29, 0.717) is 11.7 Å². The standard InChI is InChI=1S/C8H8N4O/c1-5-9-3-7(4-10-5)8-11-6(2)13-12-8/h3-4H,1-2H3. The molecule has 0 bridgehead atoms. The van der Waals surface area contributed by atoms with Crippen LogP contribution in [0.25, 0.3) is 11.4 Å². The molecular formula is C8H8N4O. The molecule has 66 valence electrons. The Morgan fingerprint density at radius 2 is 1.85 bits per heavy atom. The largest absolute Gasteiger partial charge is 0.339 e. The second kappa shape index (κ2) is 2.93. The fourth-order valence-corrected chi connectivity index (χ4v) is 0.925. The van der Waals surface area contributed by atoms with Gasteiger partial charge < -0.3 is 4.52 Å². The summed E-state index contributed by atoms with van der Waals surface area (Å²) in [5.74, 6) is 1.79. The van der Waals surface area contributed by atoms with E-state index in [9.17, 15) is 0 Å². The normalized spacial score (nSPS) is 10.3. The average Bonchev–Trinajstić information content (AvgIpc) is 2.53. The third-order valence-corrected chi connectivity index (χ3v) is 1.57. The number of aryl methyl sites for hydroxylation is 2. The Morgan fingerprint density at radius 1 is 1.15 bits per heavy atom. The van der Waals surface area contributed by atoms with Crippen molar-refractivity contribution in [1.82, 2.24) is 20.1 Å². The van der Waals surface area contributed by atoms with Gasteiger partial charge >= 0.3 is 0 Å². The molecule has 0 aliphatic carbocycles. The molecule has 2 heterocycles. The van der Waals surface area contributed by atoms with Crippen molar-refractivity contribution in [2.75, 3.05) is 0 Å². The van der Waals surface area contributed by atoms with Gasteiger partial charge in [-0.15, -0.1) is 0 Å². The molecule has 0 fully saturated rings. The summed E-state index contributed by atoms with van der Waals surface area (Å²) in [6, 6.07) is 0. The van der Waals surface area contributed by atoms with Gasteiger partial charge in [0.1, 0.15) is 5.82 Å².